The van der Waals surface area contributed by atoms with E-state index in [1.54, 1.807) is 12.1 Å². The molecule has 0 spiro atoms. The number of anilines is 1. The van der Waals surface area contributed by atoms with Crippen molar-refractivity contribution in [3.05, 3.63) is 24.3 Å². The number of benzene rings is 1. The number of sulfone groups is 1. The minimum atomic E-state index is -3.21. The molecule has 0 aromatic heterocycles. The number of hydrogen-bond acceptors (Lipinski definition) is 3. The summed E-state index contributed by atoms with van der Waals surface area (Å²) >= 11 is 6.07. The van der Waals surface area contributed by atoms with Crippen molar-refractivity contribution in [3.8, 4) is 0 Å². The number of halogens is 1. The zero-order valence-corrected chi connectivity index (χ0v) is 12.8. The summed E-state index contributed by atoms with van der Waals surface area (Å²) in [5, 5.41) is 0. The molecule has 1 aromatic carbocycles. The van der Waals surface area contributed by atoms with Gasteiger partial charge in [-0.15, -0.1) is 11.6 Å². The molecular formula is C14H20ClNO2S. The highest BCUT2D eigenvalue weighted by atomic mass is 35.5. The summed E-state index contributed by atoms with van der Waals surface area (Å²) in [5.74, 6) is 0.540. The van der Waals surface area contributed by atoms with Crippen LogP contribution in [0.3, 0.4) is 0 Å². The van der Waals surface area contributed by atoms with E-state index < -0.39 is 9.84 Å². The Morgan fingerprint density at radius 1 is 1.26 bits per heavy atom. The first-order valence-electron chi connectivity index (χ1n) is 6.65. The molecule has 0 N–H and O–H groups in total. The molecule has 1 fully saturated rings. The van der Waals surface area contributed by atoms with Crippen LogP contribution < -0.4 is 4.90 Å². The second-order valence-electron chi connectivity index (χ2n) is 5.09. The van der Waals surface area contributed by atoms with Crippen LogP contribution in [-0.2, 0) is 9.84 Å². The van der Waals surface area contributed by atoms with Gasteiger partial charge in [0.05, 0.1) is 10.6 Å². The summed E-state index contributed by atoms with van der Waals surface area (Å²) < 4.78 is 23.8. The molecule has 19 heavy (non-hydrogen) atoms. The van der Waals surface area contributed by atoms with Crippen LogP contribution in [0.4, 0.5) is 5.69 Å². The minimum absolute atomic E-state index is 0.229. The zero-order valence-electron chi connectivity index (χ0n) is 11.2. The highest BCUT2D eigenvalue weighted by Crippen LogP contribution is 2.30. The van der Waals surface area contributed by atoms with Gasteiger partial charge in [0, 0.05) is 24.7 Å². The van der Waals surface area contributed by atoms with Gasteiger partial charge in [0.25, 0.3) is 0 Å². The Morgan fingerprint density at radius 2 is 2.00 bits per heavy atom. The molecule has 1 heterocycles. The average Bonchev–Trinajstić information content (AvgIpc) is 2.62. The summed E-state index contributed by atoms with van der Waals surface area (Å²) in [6.45, 7) is 0.879. The molecule has 106 valence electrons. The Labute approximate surface area is 120 Å². The first-order valence-corrected chi connectivity index (χ1v) is 9.08. The Hall–Kier alpha value is -0.740. The molecule has 0 aliphatic carbocycles. The second-order valence-corrected chi connectivity index (χ2v) is 7.38. The van der Waals surface area contributed by atoms with Gasteiger partial charge in [0.15, 0.2) is 9.84 Å². The third kappa shape index (κ3) is 3.42. The van der Waals surface area contributed by atoms with Crippen LogP contribution in [0, 0.1) is 0 Å². The predicted molar refractivity (Wildman–Crippen MR) is 79.9 cm³/mol. The van der Waals surface area contributed by atoms with Crippen molar-refractivity contribution in [2.75, 3.05) is 23.6 Å². The fraction of sp³-hybridized carbons (Fsp3) is 0.571. The van der Waals surface area contributed by atoms with Crippen LogP contribution in [0.5, 0.6) is 0 Å². The lowest BCUT2D eigenvalue weighted by atomic mass is 10.1. The van der Waals surface area contributed by atoms with E-state index in [1.165, 1.54) is 12.7 Å². The molecule has 3 nitrogen and oxygen atoms in total. The zero-order chi connectivity index (χ0) is 13.9. The van der Waals surface area contributed by atoms with Crippen LogP contribution in [0.2, 0.25) is 0 Å². The molecule has 1 aromatic rings. The summed E-state index contributed by atoms with van der Waals surface area (Å²) in [6.07, 6.45) is 5.73. The summed E-state index contributed by atoms with van der Waals surface area (Å²) in [7, 11) is -3.21. The Bertz CT molecular complexity index is 530. The maximum Gasteiger partial charge on any atom is 0.177 e. The van der Waals surface area contributed by atoms with Gasteiger partial charge in [-0.1, -0.05) is 25.0 Å². The van der Waals surface area contributed by atoms with Gasteiger partial charge in [-0.2, -0.15) is 0 Å². The van der Waals surface area contributed by atoms with Crippen LogP contribution in [-0.4, -0.2) is 33.1 Å². The molecule has 1 atom stereocenters. The van der Waals surface area contributed by atoms with Crippen LogP contribution in [0.25, 0.3) is 0 Å². The fourth-order valence-corrected chi connectivity index (χ4v) is 3.87. The van der Waals surface area contributed by atoms with Gasteiger partial charge in [0.1, 0.15) is 0 Å². The molecule has 2 rings (SSSR count). The smallest absolute Gasteiger partial charge is 0.177 e. The van der Waals surface area contributed by atoms with Crippen molar-refractivity contribution in [2.45, 2.75) is 36.6 Å². The summed E-state index contributed by atoms with van der Waals surface area (Å²) in [5.41, 5.74) is 0.803. The van der Waals surface area contributed by atoms with Crippen molar-refractivity contribution < 1.29 is 8.42 Å². The molecule has 0 radical (unpaired) electrons. The maximum atomic E-state index is 11.9. The highest BCUT2D eigenvalue weighted by molar-refractivity contribution is 7.90. The standard InChI is InChI=1S/C14H20ClNO2S/c1-19(17,18)14-9-5-4-8-13(14)16-10-6-2-3-7-12(16)11-15/h4-5,8-9,12H,2-3,6-7,10-11H2,1H3. The number of nitrogens with zero attached hydrogens (tertiary/aromatic N) is 1. The van der Waals surface area contributed by atoms with E-state index in [4.69, 9.17) is 11.6 Å². The number of para-hydroxylation sites is 1. The van der Waals surface area contributed by atoms with E-state index >= 15 is 0 Å². The van der Waals surface area contributed by atoms with Gasteiger partial charge < -0.3 is 4.90 Å². The Morgan fingerprint density at radius 3 is 2.68 bits per heavy atom. The minimum Gasteiger partial charge on any atom is -0.366 e. The fourth-order valence-electron chi connectivity index (χ4n) is 2.66. The lowest BCUT2D eigenvalue weighted by Gasteiger charge is -2.32. The van der Waals surface area contributed by atoms with Gasteiger partial charge in [-0.25, -0.2) is 8.42 Å². The van der Waals surface area contributed by atoms with Gasteiger partial charge in [-0.3, -0.25) is 0 Å². The van der Waals surface area contributed by atoms with Crippen molar-refractivity contribution in [2.24, 2.45) is 0 Å². The monoisotopic (exact) mass is 301 g/mol. The molecule has 0 amide bonds. The predicted octanol–water partition coefficient (Wildman–Crippen LogP) is 3.08. The van der Waals surface area contributed by atoms with Crippen molar-refractivity contribution >= 4 is 27.1 Å². The number of alkyl halides is 1. The number of hydrogen-bond donors (Lipinski definition) is 0. The summed E-state index contributed by atoms with van der Waals surface area (Å²) in [6, 6.07) is 7.46. The highest BCUT2D eigenvalue weighted by Gasteiger charge is 2.24. The molecule has 1 aliphatic rings. The van der Waals surface area contributed by atoms with Crippen LogP contribution in [0.1, 0.15) is 25.7 Å². The van der Waals surface area contributed by atoms with E-state index in [1.807, 2.05) is 12.1 Å². The van der Waals surface area contributed by atoms with Crippen molar-refractivity contribution in [3.63, 3.8) is 0 Å². The first kappa shape index (κ1) is 14.7. The molecule has 1 saturated heterocycles. The average molecular weight is 302 g/mol. The van der Waals surface area contributed by atoms with E-state index in [2.05, 4.69) is 4.90 Å². The topological polar surface area (TPSA) is 37.4 Å². The van der Waals surface area contributed by atoms with E-state index in [9.17, 15) is 8.42 Å². The van der Waals surface area contributed by atoms with Crippen molar-refractivity contribution in [1.29, 1.82) is 0 Å². The normalized spacial score (nSPS) is 21.2. The summed E-state index contributed by atoms with van der Waals surface area (Å²) in [4.78, 5) is 2.59. The van der Waals surface area contributed by atoms with E-state index in [0.29, 0.717) is 10.8 Å². The van der Waals surface area contributed by atoms with E-state index in [0.717, 1.165) is 31.5 Å². The van der Waals surface area contributed by atoms with Gasteiger partial charge >= 0.3 is 0 Å². The molecular weight excluding hydrogens is 282 g/mol. The molecule has 5 heteroatoms. The maximum absolute atomic E-state index is 11.9. The van der Waals surface area contributed by atoms with Crippen LogP contribution >= 0.6 is 11.6 Å². The van der Waals surface area contributed by atoms with Crippen LogP contribution in [0.15, 0.2) is 29.2 Å². The Kier molecular flexibility index (Phi) is 4.74. The molecule has 1 unspecified atom stereocenters. The molecule has 1 aliphatic heterocycles. The van der Waals surface area contributed by atoms with Gasteiger partial charge in [-0.05, 0) is 25.0 Å². The largest absolute Gasteiger partial charge is 0.366 e. The number of rotatable bonds is 3. The lowest BCUT2D eigenvalue weighted by molar-refractivity contribution is 0.596. The molecule has 0 saturated carbocycles. The lowest BCUT2D eigenvalue weighted by Crippen LogP contribution is -2.37. The third-order valence-electron chi connectivity index (χ3n) is 3.63. The quantitative estimate of drug-likeness (QED) is 0.805. The SMILES string of the molecule is CS(=O)(=O)c1ccccc1N1CCCCCC1CCl. The second kappa shape index (κ2) is 6.14. The first-order chi connectivity index (χ1) is 9.04. The molecule has 0 bridgehead atoms. The Balaban J connectivity index is 2.44. The van der Waals surface area contributed by atoms with E-state index in [-0.39, 0.29) is 6.04 Å². The third-order valence-corrected chi connectivity index (χ3v) is 5.13. The van der Waals surface area contributed by atoms with Gasteiger partial charge in [0.2, 0.25) is 0 Å². The van der Waals surface area contributed by atoms with Crippen molar-refractivity contribution in [1.82, 2.24) is 0 Å².